The van der Waals surface area contributed by atoms with Crippen LogP contribution in [0.2, 0.25) is 0 Å². The van der Waals surface area contributed by atoms with Crippen molar-refractivity contribution in [3.63, 3.8) is 0 Å². The van der Waals surface area contributed by atoms with Crippen LogP contribution in [0.3, 0.4) is 0 Å². The van der Waals surface area contributed by atoms with Gasteiger partial charge >= 0.3 is 0 Å². The number of carbonyl (C=O) groups excluding carboxylic acids is 2. The van der Waals surface area contributed by atoms with E-state index in [1.165, 1.54) is 11.3 Å². The van der Waals surface area contributed by atoms with Gasteiger partial charge in [0.2, 0.25) is 5.91 Å². The lowest BCUT2D eigenvalue weighted by Gasteiger charge is -2.32. The zero-order valence-electron chi connectivity index (χ0n) is 15.4. The summed E-state index contributed by atoms with van der Waals surface area (Å²) in [4.78, 5) is 26.5. The standard InChI is InChI=1S/C19H23N5O3/c1-13-19(26)24(14-7-4-5-8-15(14)27-13)12-18(25)20-11-17-22-21-16-9-3-2-6-10-23(16)17/h4-5,7-8,13H,2-3,6,9-12H2,1H3,(H,20,25). The van der Waals surface area contributed by atoms with Crippen LogP contribution in [-0.4, -0.2) is 39.2 Å². The van der Waals surface area contributed by atoms with Gasteiger partial charge in [0.05, 0.1) is 12.2 Å². The van der Waals surface area contributed by atoms with Crippen molar-refractivity contribution in [1.82, 2.24) is 20.1 Å². The van der Waals surface area contributed by atoms with Crippen molar-refractivity contribution in [3.8, 4) is 5.75 Å². The maximum atomic E-state index is 12.5. The fourth-order valence-corrected chi connectivity index (χ4v) is 3.58. The molecule has 8 nitrogen and oxygen atoms in total. The Bertz CT molecular complexity index is 863. The predicted octanol–water partition coefficient (Wildman–Crippen LogP) is 1.43. The van der Waals surface area contributed by atoms with Gasteiger partial charge in [-0.05, 0) is 31.9 Å². The van der Waals surface area contributed by atoms with Gasteiger partial charge in [-0.25, -0.2) is 0 Å². The van der Waals surface area contributed by atoms with Crippen LogP contribution in [0, 0.1) is 0 Å². The van der Waals surface area contributed by atoms with Crippen LogP contribution in [0.5, 0.6) is 5.75 Å². The average Bonchev–Trinajstić information content (AvgIpc) is 2.90. The average molecular weight is 369 g/mol. The molecule has 4 rings (SSSR count). The van der Waals surface area contributed by atoms with E-state index in [1.54, 1.807) is 19.1 Å². The number of hydrogen-bond acceptors (Lipinski definition) is 5. The number of ether oxygens (including phenoxy) is 1. The van der Waals surface area contributed by atoms with Crippen LogP contribution < -0.4 is 15.0 Å². The van der Waals surface area contributed by atoms with Gasteiger partial charge in [0.1, 0.15) is 18.1 Å². The Labute approximate surface area is 157 Å². The zero-order chi connectivity index (χ0) is 18.8. The first-order valence-electron chi connectivity index (χ1n) is 9.38. The molecule has 0 saturated carbocycles. The molecule has 0 fully saturated rings. The summed E-state index contributed by atoms with van der Waals surface area (Å²) in [6.07, 6.45) is 3.73. The first kappa shape index (κ1) is 17.5. The number of benzene rings is 1. The molecule has 2 aliphatic heterocycles. The van der Waals surface area contributed by atoms with Crippen LogP contribution in [0.1, 0.15) is 37.8 Å². The number of anilines is 1. The summed E-state index contributed by atoms with van der Waals surface area (Å²) in [5.74, 6) is 1.91. The summed E-state index contributed by atoms with van der Waals surface area (Å²) in [6.45, 7) is 2.83. The second-order valence-corrected chi connectivity index (χ2v) is 6.92. The number of carbonyl (C=O) groups is 2. The molecule has 0 radical (unpaired) electrons. The molecule has 1 atom stereocenters. The molecule has 1 aromatic carbocycles. The molecule has 0 aliphatic carbocycles. The van der Waals surface area contributed by atoms with Gasteiger partial charge in [-0.1, -0.05) is 18.6 Å². The molecular formula is C19H23N5O3. The summed E-state index contributed by atoms with van der Waals surface area (Å²) < 4.78 is 7.71. The molecule has 3 heterocycles. The summed E-state index contributed by atoms with van der Waals surface area (Å²) in [5.41, 5.74) is 0.618. The minimum absolute atomic E-state index is 0.0511. The van der Waals surface area contributed by atoms with E-state index < -0.39 is 6.10 Å². The van der Waals surface area contributed by atoms with Gasteiger partial charge < -0.3 is 14.6 Å². The number of nitrogens with zero attached hydrogens (tertiary/aromatic N) is 4. The van der Waals surface area contributed by atoms with Crippen LogP contribution in [0.4, 0.5) is 5.69 Å². The third kappa shape index (κ3) is 3.51. The lowest BCUT2D eigenvalue weighted by molar-refractivity contribution is -0.128. The molecule has 2 aliphatic rings. The van der Waals surface area contributed by atoms with E-state index in [2.05, 4.69) is 20.1 Å². The van der Waals surface area contributed by atoms with Gasteiger partial charge in [0, 0.05) is 13.0 Å². The Kier molecular flexibility index (Phi) is 4.79. The van der Waals surface area contributed by atoms with Crippen molar-refractivity contribution in [3.05, 3.63) is 35.9 Å². The summed E-state index contributed by atoms with van der Waals surface area (Å²) >= 11 is 0. The highest BCUT2D eigenvalue weighted by Gasteiger charge is 2.32. The van der Waals surface area contributed by atoms with Crippen molar-refractivity contribution >= 4 is 17.5 Å². The smallest absolute Gasteiger partial charge is 0.268 e. The largest absolute Gasteiger partial charge is 0.479 e. The minimum atomic E-state index is -0.611. The summed E-state index contributed by atoms with van der Waals surface area (Å²) in [6, 6.07) is 7.25. The minimum Gasteiger partial charge on any atom is -0.479 e. The fraction of sp³-hybridized carbons (Fsp3) is 0.474. The van der Waals surface area contributed by atoms with E-state index >= 15 is 0 Å². The number of hydrogen-bond donors (Lipinski definition) is 1. The molecule has 2 amide bonds. The van der Waals surface area contributed by atoms with Gasteiger partial charge in [0.15, 0.2) is 11.9 Å². The predicted molar refractivity (Wildman–Crippen MR) is 98.3 cm³/mol. The molecule has 1 N–H and O–H groups in total. The zero-order valence-corrected chi connectivity index (χ0v) is 15.4. The molecule has 0 spiro atoms. The lowest BCUT2D eigenvalue weighted by Crippen LogP contribution is -2.48. The third-order valence-corrected chi connectivity index (χ3v) is 5.01. The monoisotopic (exact) mass is 369 g/mol. The van der Waals surface area contributed by atoms with Crippen LogP contribution in [0.25, 0.3) is 0 Å². The molecule has 2 aromatic rings. The summed E-state index contributed by atoms with van der Waals surface area (Å²) in [7, 11) is 0. The Morgan fingerprint density at radius 2 is 2.11 bits per heavy atom. The number of aryl methyl sites for hydroxylation is 1. The van der Waals surface area contributed by atoms with E-state index in [1.807, 2.05) is 12.1 Å². The molecule has 0 bridgehead atoms. The van der Waals surface area contributed by atoms with Crippen molar-refractivity contribution < 1.29 is 14.3 Å². The van der Waals surface area contributed by atoms with E-state index in [0.29, 0.717) is 18.0 Å². The molecule has 8 heteroatoms. The van der Waals surface area contributed by atoms with Gasteiger partial charge in [0.25, 0.3) is 5.91 Å². The SMILES string of the molecule is CC1Oc2ccccc2N(CC(=O)NCc2nnc3n2CCCCC3)C1=O. The second-order valence-electron chi connectivity index (χ2n) is 6.92. The second kappa shape index (κ2) is 7.38. The van der Waals surface area contributed by atoms with Gasteiger partial charge in [-0.3, -0.25) is 14.5 Å². The van der Waals surface area contributed by atoms with E-state index in [0.717, 1.165) is 37.5 Å². The number of nitrogens with one attached hydrogen (secondary N) is 1. The number of fused-ring (bicyclic) bond motifs is 2. The Hall–Kier alpha value is -2.90. The van der Waals surface area contributed by atoms with Crippen LogP contribution in [0.15, 0.2) is 24.3 Å². The van der Waals surface area contributed by atoms with Crippen molar-refractivity contribution in [2.75, 3.05) is 11.4 Å². The quantitative estimate of drug-likeness (QED) is 0.881. The molecule has 142 valence electrons. The number of para-hydroxylation sites is 2. The van der Waals surface area contributed by atoms with Gasteiger partial charge in [-0.2, -0.15) is 0 Å². The molecular weight excluding hydrogens is 346 g/mol. The van der Waals surface area contributed by atoms with Crippen molar-refractivity contribution in [1.29, 1.82) is 0 Å². The molecule has 1 unspecified atom stereocenters. The maximum Gasteiger partial charge on any atom is 0.268 e. The normalized spacial score (nSPS) is 18.9. The Morgan fingerprint density at radius 3 is 3.00 bits per heavy atom. The number of rotatable bonds is 4. The fourth-order valence-electron chi connectivity index (χ4n) is 3.58. The highest BCUT2D eigenvalue weighted by atomic mass is 16.5. The van der Waals surface area contributed by atoms with E-state index in [9.17, 15) is 9.59 Å². The maximum absolute atomic E-state index is 12.5. The first-order valence-corrected chi connectivity index (χ1v) is 9.38. The molecule has 0 saturated heterocycles. The first-order chi connectivity index (χ1) is 13.1. The van der Waals surface area contributed by atoms with E-state index in [4.69, 9.17) is 4.74 Å². The highest BCUT2D eigenvalue weighted by molar-refractivity contribution is 6.03. The lowest BCUT2D eigenvalue weighted by atomic mass is 10.2. The van der Waals surface area contributed by atoms with Crippen LogP contribution >= 0.6 is 0 Å². The third-order valence-electron chi connectivity index (χ3n) is 5.01. The van der Waals surface area contributed by atoms with Gasteiger partial charge in [-0.15, -0.1) is 10.2 Å². The molecule has 1 aromatic heterocycles. The summed E-state index contributed by atoms with van der Waals surface area (Å²) in [5, 5.41) is 11.3. The Balaban J connectivity index is 1.43. The van der Waals surface area contributed by atoms with Crippen LogP contribution in [-0.2, 0) is 29.1 Å². The highest BCUT2D eigenvalue weighted by Crippen LogP contribution is 2.33. The molecule has 27 heavy (non-hydrogen) atoms. The number of amides is 2. The van der Waals surface area contributed by atoms with E-state index in [-0.39, 0.29) is 18.4 Å². The number of aromatic nitrogens is 3. The topological polar surface area (TPSA) is 89.3 Å². The van der Waals surface area contributed by atoms with Crippen molar-refractivity contribution in [2.45, 2.75) is 51.8 Å². The Morgan fingerprint density at radius 1 is 1.26 bits per heavy atom. The van der Waals surface area contributed by atoms with Crippen molar-refractivity contribution in [2.24, 2.45) is 0 Å².